The van der Waals surface area contributed by atoms with Gasteiger partial charge < -0.3 is 10.1 Å². The Balaban J connectivity index is 1.70. The fourth-order valence-corrected chi connectivity index (χ4v) is 4.08. The molecule has 2 heteroatoms. The number of hydrogen-bond acceptors (Lipinski definition) is 1. The highest BCUT2D eigenvalue weighted by atomic mass is 16.3. The van der Waals surface area contributed by atoms with Crippen LogP contribution in [0.1, 0.15) is 5.56 Å². The number of aliphatic hydroxyl groups is 1. The molecule has 0 aliphatic carbocycles. The topological polar surface area (TPSA) is 36.0 Å². The van der Waals surface area contributed by atoms with Crippen molar-refractivity contribution in [3.63, 3.8) is 0 Å². The molecule has 0 spiro atoms. The van der Waals surface area contributed by atoms with Crippen molar-refractivity contribution < 1.29 is 5.11 Å². The molecule has 2 N–H and O–H groups in total. The van der Waals surface area contributed by atoms with E-state index in [1.54, 1.807) is 0 Å². The highest BCUT2D eigenvalue weighted by Gasteiger charge is 2.15. The van der Waals surface area contributed by atoms with Crippen molar-refractivity contribution in [2.45, 2.75) is 6.61 Å². The Kier molecular flexibility index (Phi) is 5.22. The van der Waals surface area contributed by atoms with Crippen molar-refractivity contribution in [1.29, 1.82) is 0 Å². The van der Waals surface area contributed by atoms with Gasteiger partial charge in [-0.15, -0.1) is 0 Å². The molecule has 1 heterocycles. The van der Waals surface area contributed by atoms with E-state index in [4.69, 9.17) is 0 Å². The van der Waals surface area contributed by atoms with Gasteiger partial charge in [0.25, 0.3) is 0 Å². The molecule has 0 unspecified atom stereocenters. The number of aromatic amines is 1. The number of benzene rings is 4. The lowest BCUT2D eigenvalue weighted by atomic mass is 9.96. The van der Waals surface area contributed by atoms with Gasteiger partial charge in [-0.3, -0.25) is 0 Å². The van der Waals surface area contributed by atoms with E-state index in [9.17, 15) is 5.11 Å². The Hall–Kier alpha value is -3.88. The molecule has 0 saturated heterocycles. The smallest absolute Gasteiger partial charge is 0.0682 e. The van der Waals surface area contributed by atoms with Crippen molar-refractivity contribution >= 4 is 0 Å². The lowest BCUT2D eigenvalue weighted by molar-refractivity contribution is 0.282. The van der Waals surface area contributed by atoms with E-state index in [0.29, 0.717) is 0 Å². The van der Waals surface area contributed by atoms with E-state index in [0.717, 1.165) is 39.2 Å². The Bertz CT molecular complexity index is 1250. The average Bonchev–Trinajstić information content (AvgIpc) is 3.31. The molecule has 0 bridgehead atoms. The van der Waals surface area contributed by atoms with Crippen LogP contribution in [0.2, 0.25) is 0 Å². The van der Waals surface area contributed by atoms with Gasteiger partial charge in [0.15, 0.2) is 0 Å². The van der Waals surface area contributed by atoms with Crippen LogP contribution in [0.5, 0.6) is 0 Å². The summed E-state index contributed by atoms with van der Waals surface area (Å²) in [7, 11) is 0. The maximum atomic E-state index is 9.58. The van der Waals surface area contributed by atoms with Crippen molar-refractivity contribution in [2.75, 3.05) is 0 Å². The number of nitrogens with one attached hydrogen (secondary N) is 1. The SMILES string of the molecule is OCc1cccc(-c2ccccc2-c2cc(-c3ccccc3)c(-c3ccccc3)[nH]2)c1. The quantitative estimate of drug-likeness (QED) is 0.322. The van der Waals surface area contributed by atoms with Crippen LogP contribution >= 0.6 is 0 Å². The predicted octanol–water partition coefficient (Wildman–Crippen LogP) is 7.18. The van der Waals surface area contributed by atoms with Crippen LogP contribution in [0.4, 0.5) is 0 Å². The van der Waals surface area contributed by atoms with Gasteiger partial charge in [-0.1, -0.05) is 103 Å². The van der Waals surface area contributed by atoms with Crippen LogP contribution in [0.3, 0.4) is 0 Å². The third-order valence-electron chi connectivity index (χ3n) is 5.60. The summed E-state index contributed by atoms with van der Waals surface area (Å²) in [5.41, 5.74) is 9.99. The summed E-state index contributed by atoms with van der Waals surface area (Å²) in [6.45, 7) is 0.0365. The molecule has 5 aromatic rings. The van der Waals surface area contributed by atoms with E-state index in [2.05, 4.69) is 96.0 Å². The van der Waals surface area contributed by atoms with Crippen molar-refractivity contribution in [2.24, 2.45) is 0 Å². The summed E-state index contributed by atoms with van der Waals surface area (Å²) in [6, 6.07) is 39.7. The molecule has 5 rings (SSSR count). The number of hydrogen-bond donors (Lipinski definition) is 2. The molecule has 0 amide bonds. The molecule has 150 valence electrons. The highest BCUT2D eigenvalue weighted by molar-refractivity contribution is 5.90. The molecule has 0 aliphatic rings. The first-order chi connectivity index (χ1) is 15.3. The van der Waals surface area contributed by atoms with Crippen molar-refractivity contribution in [3.05, 3.63) is 121 Å². The van der Waals surface area contributed by atoms with Crippen LogP contribution in [0.25, 0.3) is 44.8 Å². The average molecular weight is 402 g/mol. The minimum Gasteiger partial charge on any atom is -0.392 e. The van der Waals surface area contributed by atoms with Gasteiger partial charge >= 0.3 is 0 Å². The first kappa shape index (κ1) is 19.1. The monoisotopic (exact) mass is 401 g/mol. The minimum atomic E-state index is 0.0365. The van der Waals surface area contributed by atoms with E-state index >= 15 is 0 Å². The third-order valence-corrected chi connectivity index (χ3v) is 5.60. The van der Waals surface area contributed by atoms with Gasteiger partial charge in [0.2, 0.25) is 0 Å². The number of rotatable bonds is 5. The maximum Gasteiger partial charge on any atom is 0.0682 e. The zero-order valence-corrected chi connectivity index (χ0v) is 17.1. The molecular weight excluding hydrogens is 378 g/mol. The van der Waals surface area contributed by atoms with Crippen molar-refractivity contribution in [3.8, 4) is 44.8 Å². The first-order valence-electron chi connectivity index (χ1n) is 10.5. The summed E-state index contributed by atoms with van der Waals surface area (Å²) < 4.78 is 0. The Morgan fingerprint density at radius 1 is 0.516 bits per heavy atom. The fraction of sp³-hybridized carbons (Fsp3) is 0.0345. The number of aliphatic hydroxyl groups excluding tert-OH is 1. The van der Waals surface area contributed by atoms with Crippen molar-refractivity contribution in [1.82, 2.24) is 4.98 Å². The maximum absolute atomic E-state index is 9.58. The van der Waals surface area contributed by atoms with Gasteiger partial charge in [-0.05, 0) is 39.9 Å². The second-order valence-corrected chi connectivity index (χ2v) is 7.61. The van der Waals surface area contributed by atoms with Crippen LogP contribution < -0.4 is 0 Å². The largest absolute Gasteiger partial charge is 0.392 e. The molecule has 0 saturated carbocycles. The van der Waals surface area contributed by atoms with E-state index in [1.807, 2.05) is 24.3 Å². The second-order valence-electron chi connectivity index (χ2n) is 7.61. The zero-order chi connectivity index (χ0) is 21.0. The molecule has 31 heavy (non-hydrogen) atoms. The van der Waals surface area contributed by atoms with Gasteiger partial charge in [0, 0.05) is 16.8 Å². The Labute approximate surface area is 182 Å². The van der Waals surface area contributed by atoms with E-state index in [-0.39, 0.29) is 6.61 Å². The van der Waals surface area contributed by atoms with E-state index in [1.165, 1.54) is 11.1 Å². The molecule has 0 radical (unpaired) electrons. The van der Waals surface area contributed by atoms with Gasteiger partial charge in [-0.2, -0.15) is 0 Å². The fourth-order valence-electron chi connectivity index (χ4n) is 4.08. The van der Waals surface area contributed by atoms with Crippen LogP contribution in [-0.2, 0) is 6.61 Å². The van der Waals surface area contributed by atoms with E-state index < -0.39 is 0 Å². The summed E-state index contributed by atoms with van der Waals surface area (Å²) in [4.78, 5) is 3.70. The molecule has 1 aromatic heterocycles. The first-order valence-corrected chi connectivity index (χ1v) is 10.5. The lowest BCUT2D eigenvalue weighted by Gasteiger charge is -2.10. The number of H-pyrrole nitrogens is 1. The van der Waals surface area contributed by atoms with Gasteiger partial charge in [0.05, 0.1) is 12.3 Å². The zero-order valence-electron chi connectivity index (χ0n) is 17.1. The molecule has 0 aliphatic heterocycles. The normalized spacial score (nSPS) is 10.9. The second kappa shape index (κ2) is 8.47. The highest BCUT2D eigenvalue weighted by Crippen LogP contribution is 2.39. The van der Waals surface area contributed by atoms with Crippen LogP contribution in [-0.4, -0.2) is 10.1 Å². The van der Waals surface area contributed by atoms with Gasteiger partial charge in [-0.25, -0.2) is 0 Å². The summed E-state index contributed by atoms with van der Waals surface area (Å²) in [5.74, 6) is 0. The number of aromatic nitrogens is 1. The Morgan fingerprint density at radius 2 is 1.13 bits per heavy atom. The van der Waals surface area contributed by atoms with Crippen LogP contribution in [0, 0.1) is 0 Å². The minimum absolute atomic E-state index is 0.0365. The molecule has 0 fully saturated rings. The molecular formula is C29H23NO. The molecule has 2 nitrogen and oxygen atoms in total. The standard InChI is InChI=1S/C29H23NO/c31-20-21-10-9-15-24(18-21)25-16-7-8-17-26(25)28-19-27(22-11-3-1-4-12-22)29(30-28)23-13-5-2-6-14-23/h1-19,30-31H,20H2. The Morgan fingerprint density at radius 3 is 1.84 bits per heavy atom. The lowest BCUT2D eigenvalue weighted by Crippen LogP contribution is -1.88. The predicted molar refractivity (Wildman–Crippen MR) is 128 cm³/mol. The third kappa shape index (κ3) is 3.81. The molecule has 0 atom stereocenters. The summed E-state index contributed by atoms with van der Waals surface area (Å²) in [6.07, 6.45) is 0. The summed E-state index contributed by atoms with van der Waals surface area (Å²) >= 11 is 0. The van der Waals surface area contributed by atoms with Crippen LogP contribution in [0.15, 0.2) is 115 Å². The molecule has 4 aromatic carbocycles. The van der Waals surface area contributed by atoms with Gasteiger partial charge in [0.1, 0.15) is 0 Å². The summed E-state index contributed by atoms with van der Waals surface area (Å²) in [5, 5.41) is 9.58.